The molecule has 0 saturated heterocycles. The van der Waals surface area contributed by atoms with Gasteiger partial charge in [0.05, 0.1) is 5.56 Å². The largest absolute Gasteiger partial charge is 0.573 e. The number of hydrogen-bond acceptors (Lipinski definition) is 2. The Morgan fingerprint density at radius 1 is 1.24 bits per heavy atom. The molecule has 1 aromatic rings. The minimum Gasteiger partial charge on any atom is -0.404 e. The van der Waals surface area contributed by atoms with Gasteiger partial charge in [-0.05, 0) is 18.6 Å². The highest BCUT2D eigenvalue weighted by atomic mass is 19.4. The van der Waals surface area contributed by atoms with E-state index in [0.29, 0.717) is 12.8 Å². The molecule has 0 bridgehead atoms. The fraction of sp³-hybridized carbons (Fsp3) is 0.333. The van der Waals surface area contributed by atoms with Crippen LogP contribution in [0.3, 0.4) is 0 Å². The third-order valence-corrected chi connectivity index (χ3v) is 1.80. The standard InChI is InChI=1S/C12H11F3O2/c13-12(14,15)17-11-8-4-3-7-10(11)6-2-1-5-9-16/h3-4,7-8,16H,1,5,9H2. The average molecular weight is 244 g/mol. The Kier molecular flexibility index (Phi) is 4.85. The molecular weight excluding hydrogens is 233 g/mol. The maximum absolute atomic E-state index is 12.1. The van der Waals surface area contributed by atoms with Gasteiger partial charge in [0.25, 0.3) is 0 Å². The first kappa shape index (κ1) is 13.4. The molecule has 0 aromatic heterocycles. The van der Waals surface area contributed by atoms with Crippen LogP contribution in [0.25, 0.3) is 0 Å². The quantitative estimate of drug-likeness (QED) is 0.654. The molecule has 0 radical (unpaired) electrons. The first-order valence-electron chi connectivity index (χ1n) is 4.97. The molecule has 0 unspecified atom stereocenters. The van der Waals surface area contributed by atoms with Crippen LogP contribution in [-0.4, -0.2) is 18.1 Å². The van der Waals surface area contributed by atoms with Crippen LogP contribution in [0.2, 0.25) is 0 Å². The lowest BCUT2D eigenvalue weighted by atomic mass is 10.2. The van der Waals surface area contributed by atoms with E-state index < -0.39 is 6.36 Å². The topological polar surface area (TPSA) is 29.5 Å². The van der Waals surface area contributed by atoms with Crippen molar-refractivity contribution in [2.45, 2.75) is 19.2 Å². The van der Waals surface area contributed by atoms with Crippen molar-refractivity contribution in [2.24, 2.45) is 0 Å². The molecule has 0 amide bonds. The summed E-state index contributed by atoms with van der Waals surface area (Å²) in [6.45, 7) is 0.00930. The Morgan fingerprint density at radius 3 is 2.59 bits per heavy atom. The number of aliphatic hydroxyl groups excluding tert-OH is 1. The van der Waals surface area contributed by atoms with E-state index in [2.05, 4.69) is 16.6 Å². The van der Waals surface area contributed by atoms with E-state index >= 15 is 0 Å². The van der Waals surface area contributed by atoms with Crippen molar-refractivity contribution in [3.8, 4) is 17.6 Å². The lowest BCUT2D eigenvalue weighted by molar-refractivity contribution is -0.274. The normalized spacial score (nSPS) is 10.6. The number of para-hydroxylation sites is 1. The maximum Gasteiger partial charge on any atom is 0.573 e. The Balaban J connectivity index is 2.80. The fourth-order valence-corrected chi connectivity index (χ4v) is 1.11. The number of unbranched alkanes of at least 4 members (excludes halogenated alkanes) is 1. The predicted octanol–water partition coefficient (Wildman–Crippen LogP) is 2.71. The molecule has 17 heavy (non-hydrogen) atoms. The van der Waals surface area contributed by atoms with Gasteiger partial charge in [0, 0.05) is 13.0 Å². The van der Waals surface area contributed by atoms with Gasteiger partial charge in [0.1, 0.15) is 5.75 Å². The molecule has 0 heterocycles. The van der Waals surface area contributed by atoms with E-state index in [1.807, 2.05) is 0 Å². The van der Waals surface area contributed by atoms with Crippen LogP contribution in [0.4, 0.5) is 13.2 Å². The minimum atomic E-state index is -4.72. The lowest BCUT2D eigenvalue weighted by Gasteiger charge is -2.09. The summed E-state index contributed by atoms with van der Waals surface area (Å²) in [5.41, 5.74) is 0.183. The van der Waals surface area contributed by atoms with Gasteiger partial charge in [-0.3, -0.25) is 0 Å². The highest BCUT2D eigenvalue weighted by Gasteiger charge is 2.31. The van der Waals surface area contributed by atoms with Gasteiger partial charge in [-0.1, -0.05) is 24.0 Å². The molecule has 0 atom stereocenters. The third kappa shape index (κ3) is 5.27. The predicted molar refractivity (Wildman–Crippen MR) is 56.3 cm³/mol. The molecule has 1 rings (SSSR count). The van der Waals surface area contributed by atoms with Crippen LogP contribution in [0.15, 0.2) is 24.3 Å². The molecule has 92 valence electrons. The third-order valence-electron chi connectivity index (χ3n) is 1.80. The molecule has 0 saturated carbocycles. The van der Waals surface area contributed by atoms with Crippen molar-refractivity contribution < 1.29 is 23.0 Å². The lowest BCUT2D eigenvalue weighted by Crippen LogP contribution is -2.17. The first-order valence-corrected chi connectivity index (χ1v) is 4.97. The zero-order chi connectivity index (χ0) is 12.7. The van der Waals surface area contributed by atoms with Gasteiger partial charge in [-0.25, -0.2) is 0 Å². The smallest absolute Gasteiger partial charge is 0.404 e. The highest BCUT2D eigenvalue weighted by molar-refractivity contribution is 5.45. The first-order chi connectivity index (χ1) is 8.03. The van der Waals surface area contributed by atoms with Crippen molar-refractivity contribution in [3.05, 3.63) is 29.8 Å². The van der Waals surface area contributed by atoms with E-state index in [1.165, 1.54) is 18.2 Å². The number of ether oxygens (including phenoxy) is 1. The van der Waals surface area contributed by atoms with Crippen LogP contribution >= 0.6 is 0 Å². The van der Waals surface area contributed by atoms with Crippen molar-refractivity contribution >= 4 is 0 Å². The van der Waals surface area contributed by atoms with E-state index in [-0.39, 0.29) is 17.9 Å². The zero-order valence-electron chi connectivity index (χ0n) is 8.92. The van der Waals surface area contributed by atoms with Gasteiger partial charge in [0.15, 0.2) is 0 Å². The second-order valence-corrected chi connectivity index (χ2v) is 3.17. The van der Waals surface area contributed by atoms with Gasteiger partial charge in [-0.2, -0.15) is 0 Å². The number of hydrogen-bond donors (Lipinski definition) is 1. The minimum absolute atomic E-state index is 0.00930. The van der Waals surface area contributed by atoms with Crippen LogP contribution in [0, 0.1) is 11.8 Å². The summed E-state index contributed by atoms with van der Waals surface area (Å²) >= 11 is 0. The summed E-state index contributed by atoms with van der Waals surface area (Å²) in [6, 6.07) is 5.69. The molecule has 1 aromatic carbocycles. The van der Waals surface area contributed by atoms with E-state index in [0.717, 1.165) is 0 Å². The summed E-state index contributed by atoms with van der Waals surface area (Å²) in [5, 5.41) is 8.53. The molecule has 0 aliphatic heterocycles. The van der Waals surface area contributed by atoms with Crippen molar-refractivity contribution in [3.63, 3.8) is 0 Å². The number of halogens is 3. The Bertz CT molecular complexity index is 416. The van der Waals surface area contributed by atoms with Crippen LogP contribution in [-0.2, 0) is 0 Å². The maximum atomic E-state index is 12.1. The number of alkyl halides is 3. The van der Waals surface area contributed by atoms with Crippen molar-refractivity contribution in [2.75, 3.05) is 6.61 Å². The average Bonchev–Trinajstić information content (AvgIpc) is 2.24. The number of aliphatic hydroxyl groups is 1. The summed E-state index contributed by atoms with van der Waals surface area (Å²) in [5.74, 6) is 4.95. The summed E-state index contributed by atoms with van der Waals surface area (Å²) < 4.78 is 40.0. The number of rotatable bonds is 3. The fourth-order valence-electron chi connectivity index (χ4n) is 1.11. The van der Waals surface area contributed by atoms with Crippen LogP contribution < -0.4 is 4.74 Å². The summed E-state index contributed by atoms with van der Waals surface area (Å²) in [7, 11) is 0. The zero-order valence-corrected chi connectivity index (χ0v) is 8.92. The molecule has 0 fully saturated rings. The molecule has 0 aliphatic rings. The Labute approximate surface area is 97.0 Å². The molecular formula is C12H11F3O2. The molecule has 1 N–H and O–H groups in total. The summed E-state index contributed by atoms with van der Waals surface area (Å²) in [6.07, 6.45) is -3.80. The van der Waals surface area contributed by atoms with Gasteiger partial charge < -0.3 is 9.84 Å². The van der Waals surface area contributed by atoms with Crippen molar-refractivity contribution in [1.82, 2.24) is 0 Å². The van der Waals surface area contributed by atoms with Gasteiger partial charge >= 0.3 is 6.36 Å². The van der Waals surface area contributed by atoms with E-state index in [9.17, 15) is 13.2 Å². The molecule has 0 aliphatic carbocycles. The van der Waals surface area contributed by atoms with Crippen LogP contribution in [0.5, 0.6) is 5.75 Å². The molecule has 2 nitrogen and oxygen atoms in total. The van der Waals surface area contributed by atoms with E-state index in [4.69, 9.17) is 5.11 Å². The molecule has 5 heteroatoms. The SMILES string of the molecule is OCCCC#Cc1ccccc1OC(F)(F)F. The van der Waals surface area contributed by atoms with Crippen molar-refractivity contribution in [1.29, 1.82) is 0 Å². The molecule has 0 spiro atoms. The highest BCUT2D eigenvalue weighted by Crippen LogP contribution is 2.25. The monoisotopic (exact) mass is 244 g/mol. The second kappa shape index (κ2) is 6.16. The van der Waals surface area contributed by atoms with Gasteiger partial charge in [-0.15, -0.1) is 13.2 Å². The summed E-state index contributed by atoms with van der Waals surface area (Å²) in [4.78, 5) is 0. The van der Waals surface area contributed by atoms with E-state index in [1.54, 1.807) is 6.07 Å². The second-order valence-electron chi connectivity index (χ2n) is 3.17. The van der Waals surface area contributed by atoms with Crippen LogP contribution in [0.1, 0.15) is 18.4 Å². The Morgan fingerprint density at radius 2 is 1.94 bits per heavy atom. The Hall–Kier alpha value is -1.67. The van der Waals surface area contributed by atoms with Gasteiger partial charge in [0.2, 0.25) is 0 Å². The number of benzene rings is 1.